The van der Waals surface area contributed by atoms with E-state index in [4.69, 9.17) is 4.74 Å². The first-order valence-electron chi connectivity index (χ1n) is 7.22. The molecule has 6 heteroatoms. The number of nitrogens with zero attached hydrogens (tertiary/aromatic N) is 1. The van der Waals surface area contributed by atoms with E-state index >= 15 is 0 Å². The molecule has 0 aromatic rings. The summed E-state index contributed by atoms with van der Waals surface area (Å²) in [6, 6.07) is 0.0753. The number of methoxy groups -OCH3 is 1. The summed E-state index contributed by atoms with van der Waals surface area (Å²) in [7, 11) is -1.61. The minimum Gasteiger partial charge on any atom is -0.383 e. The first-order chi connectivity index (χ1) is 9.03. The van der Waals surface area contributed by atoms with Crippen molar-refractivity contribution in [3.05, 3.63) is 0 Å². The molecular weight excluding hydrogens is 264 g/mol. The van der Waals surface area contributed by atoms with E-state index in [0.717, 1.165) is 25.8 Å². The molecule has 1 N–H and O–H groups in total. The van der Waals surface area contributed by atoms with Gasteiger partial charge >= 0.3 is 0 Å². The van der Waals surface area contributed by atoms with Crippen LogP contribution in [0.15, 0.2) is 0 Å². The highest BCUT2D eigenvalue weighted by Crippen LogP contribution is 2.14. The summed E-state index contributed by atoms with van der Waals surface area (Å²) >= 11 is 0. The van der Waals surface area contributed by atoms with Crippen molar-refractivity contribution in [2.45, 2.75) is 46.1 Å². The molecule has 0 heterocycles. The minimum absolute atomic E-state index is 0.0753. The molecule has 5 nitrogen and oxygen atoms in total. The summed E-state index contributed by atoms with van der Waals surface area (Å²) in [5.74, 6) is 0.160. The van der Waals surface area contributed by atoms with Crippen LogP contribution in [0.2, 0.25) is 0 Å². The van der Waals surface area contributed by atoms with E-state index in [9.17, 15) is 8.42 Å². The molecule has 0 amide bonds. The predicted octanol–water partition coefficient (Wildman–Crippen LogP) is 1.45. The molecule has 0 fully saturated rings. The first kappa shape index (κ1) is 18.8. The summed E-state index contributed by atoms with van der Waals surface area (Å²) in [6.45, 7) is 8.38. The molecule has 0 aromatic heterocycles. The van der Waals surface area contributed by atoms with E-state index in [-0.39, 0.29) is 11.8 Å². The summed E-state index contributed by atoms with van der Waals surface area (Å²) in [5, 5.41) is 3.14. The second kappa shape index (κ2) is 10.6. The Morgan fingerprint density at radius 1 is 1.16 bits per heavy atom. The molecule has 0 bridgehead atoms. The average Bonchev–Trinajstić information content (AvgIpc) is 2.39. The maximum absolute atomic E-state index is 12.4. The van der Waals surface area contributed by atoms with Gasteiger partial charge < -0.3 is 10.1 Å². The second-order valence-corrected chi connectivity index (χ2v) is 6.68. The summed E-state index contributed by atoms with van der Waals surface area (Å²) < 4.78 is 31.4. The lowest BCUT2D eigenvalue weighted by atomic mass is 10.2. The first-order valence-corrected chi connectivity index (χ1v) is 8.83. The second-order valence-electron chi connectivity index (χ2n) is 4.64. The Balaban J connectivity index is 4.61. The van der Waals surface area contributed by atoms with Crippen LogP contribution in [0.25, 0.3) is 0 Å². The number of hydrogen-bond acceptors (Lipinski definition) is 4. The third-order valence-corrected chi connectivity index (χ3v) is 5.10. The van der Waals surface area contributed by atoms with Crippen LogP contribution in [-0.2, 0) is 14.8 Å². The molecule has 0 aliphatic rings. The number of nitrogens with one attached hydrogen (secondary N) is 1. The van der Waals surface area contributed by atoms with E-state index in [1.165, 1.54) is 0 Å². The topological polar surface area (TPSA) is 58.6 Å². The standard InChI is InChI=1S/C13H30N2O3S/c1-5-8-14-9-12-19(16,17)15(10-11-18-4)13(6-2)7-3/h13-14H,5-12H2,1-4H3. The Bertz CT molecular complexity index is 303. The average molecular weight is 294 g/mol. The van der Waals surface area contributed by atoms with Crippen LogP contribution in [-0.4, -0.2) is 57.9 Å². The Morgan fingerprint density at radius 3 is 2.26 bits per heavy atom. The Hall–Kier alpha value is -0.170. The van der Waals surface area contributed by atoms with Crippen LogP contribution in [0.5, 0.6) is 0 Å². The molecule has 0 aliphatic heterocycles. The fourth-order valence-electron chi connectivity index (χ4n) is 2.05. The summed E-state index contributed by atoms with van der Waals surface area (Å²) in [4.78, 5) is 0. The summed E-state index contributed by atoms with van der Waals surface area (Å²) in [5.41, 5.74) is 0. The van der Waals surface area contributed by atoms with Crippen LogP contribution < -0.4 is 5.32 Å². The Labute approximate surface area is 118 Å². The molecule has 19 heavy (non-hydrogen) atoms. The quantitative estimate of drug-likeness (QED) is 0.554. The van der Waals surface area contributed by atoms with Crippen LogP contribution >= 0.6 is 0 Å². The van der Waals surface area contributed by atoms with Crippen molar-refractivity contribution in [1.82, 2.24) is 9.62 Å². The lowest BCUT2D eigenvalue weighted by molar-refractivity contribution is 0.163. The van der Waals surface area contributed by atoms with Gasteiger partial charge in [-0.1, -0.05) is 20.8 Å². The zero-order chi connectivity index (χ0) is 14.7. The SMILES string of the molecule is CCCNCCS(=O)(=O)N(CCOC)C(CC)CC. The Kier molecular flexibility index (Phi) is 10.5. The van der Waals surface area contributed by atoms with Crippen molar-refractivity contribution in [1.29, 1.82) is 0 Å². The van der Waals surface area contributed by atoms with Crippen LogP contribution in [0.1, 0.15) is 40.0 Å². The van der Waals surface area contributed by atoms with Crippen molar-refractivity contribution >= 4 is 10.0 Å². The van der Waals surface area contributed by atoms with Gasteiger partial charge in [-0.05, 0) is 25.8 Å². The van der Waals surface area contributed by atoms with Gasteiger partial charge in [-0.3, -0.25) is 0 Å². The van der Waals surface area contributed by atoms with E-state index in [1.54, 1.807) is 11.4 Å². The van der Waals surface area contributed by atoms with Gasteiger partial charge in [-0.15, -0.1) is 0 Å². The molecular formula is C13H30N2O3S. The van der Waals surface area contributed by atoms with Gasteiger partial charge in [-0.25, -0.2) is 8.42 Å². The van der Waals surface area contributed by atoms with Crippen molar-refractivity contribution in [3.63, 3.8) is 0 Å². The predicted molar refractivity (Wildman–Crippen MR) is 79.9 cm³/mol. The molecule has 0 saturated carbocycles. The molecule has 0 rings (SSSR count). The minimum atomic E-state index is -3.21. The molecule has 0 atom stereocenters. The normalized spacial score (nSPS) is 12.5. The van der Waals surface area contributed by atoms with Crippen molar-refractivity contribution in [2.75, 3.05) is 39.1 Å². The zero-order valence-corrected chi connectivity index (χ0v) is 13.6. The summed E-state index contributed by atoms with van der Waals surface area (Å²) in [6.07, 6.45) is 2.68. The molecule has 0 spiro atoms. The maximum atomic E-state index is 12.4. The van der Waals surface area contributed by atoms with E-state index in [0.29, 0.717) is 19.7 Å². The number of rotatable bonds is 12. The largest absolute Gasteiger partial charge is 0.383 e. The number of sulfonamides is 1. The van der Waals surface area contributed by atoms with Gasteiger partial charge in [0.2, 0.25) is 10.0 Å². The maximum Gasteiger partial charge on any atom is 0.215 e. The van der Waals surface area contributed by atoms with Gasteiger partial charge in [0, 0.05) is 26.2 Å². The Morgan fingerprint density at radius 2 is 1.79 bits per heavy atom. The molecule has 0 radical (unpaired) electrons. The van der Waals surface area contributed by atoms with E-state index in [1.807, 2.05) is 13.8 Å². The third-order valence-electron chi connectivity index (χ3n) is 3.19. The smallest absolute Gasteiger partial charge is 0.215 e. The van der Waals surface area contributed by atoms with Gasteiger partial charge in [0.25, 0.3) is 0 Å². The zero-order valence-electron chi connectivity index (χ0n) is 12.8. The number of hydrogen-bond donors (Lipinski definition) is 1. The lowest BCUT2D eigenvalue weighted by Gasteiger charge is -2.29. The highest BCUT2D eigenvalue weighted by Gasteiger charge is 2.27. The van der Waals surface area contributed by atoms with Crippen LogP contribution in [0, 0.1) is 0 Å². The highest BCUT2D eigenvalue weighted by atomic mass is 32.2. The fourth-order valence-corrected chi connectivity index (χ4v) is 3.79. The van der Waals surface area contributed by atoms with Gasteiger partial charge in [-0.2, -0.15) is 4.31 Å². The van der Waals surface area contributed by atoms with Gasteiger partial charge in [0.15, 0.2) is 0 Å². The van der Waals surface area contributed by atoms with E-state index in [2.05, 4.69) is 12.2 Å². The molecule has 0 aliphatic carbocycles. The number of ether oxygens (including phenoxy) is 1. The van der Waals surface area contributed by atoms with Crippen LogP contribution in [0.4, 0.5) is 0 Å². The molecule has 0 aromatic carbocycles. The molecule has 0 saturated heterocycles. The van der Waals surface area contributed by atoms with Crippen LogP contribution in [0.3, 0.4) is 0 Å². The monoisotopic (exact) mass is 294 g/mol. The fraction of sp³-hybridized carbons (Fsp3) is 1.00. The lowest BCUT2D eigenvalue weighted by Crippen LogP contribution is -2.44. The highest BCUT2D eigenvalue weighted by molar-refractivity contribution is 7.89. The van der Waals surface area contributed by atoms with E-state index < -0.39 is 10.0 Å². The van der Waals surface area contributed by atoms with Gasteiger partial charge in [0.05, 0.1) is 12.4 Å². The van der Waals surface area contributed by atoms with Crippen molar-refractivity contribution in [3.8, 4) is 0 Å². The third kappa shape index (κ3) is 7.25. The van der Waals surface area contributed by atoms with Crippen molar-refractivity contribution < 1.29 is 13.2 Å². The molecule has 0 unspecified atom stereocenters. The molecule has 116 valence electrons. The van der Waals surface area contributed by atoms with Crippen molar-refractivity contribution in [2.24, 2.45) is 0 Å². The van der Waals surface area contributed by atoms with Gasteiger partial charge in [0.1, 0.15) is 0 Å².